The van der Waals surface area contributed by atoms with Crippen molar-refractivity contribution in [1.82, 2.24) is 0 Å². The van der Waals surface area contributed by atoms with Crippen LogP contribution >= 0.6 is 11.6 Å². The summed E-state index contributed by atoms with van der Waals surface area (Å²) in [4.78, 5) is 25.3. The number of hydrogen-bond acceptors (Lipinski definition) is 4. The first-order chi connectivity index (χ1) is 11.9. The van der Waals surface area contributed by atoms with E-state index in [1.807, 2.05) is 19.9 Å². The minimum atomic E-state index is -1.16. The Morgan fingerprint density at radius 3 is 2.36 bits per heavy atom. The maximum Gasteiger partial charge on any atom is 0.320 e. The summed E-state index contributed by atoms with van der Waals surface area (Å²) in [6.07, 6.45) is 0.323. The third-order valence-electron chi connectivity index (χ3n) is 4.78. The van der Waals surface area contributed by atoms with Crippen molar-refractivity contribution in [3.05, 3.63) is 58.6 Å². The second kappa shape index (κ2) is 6.52. The van der Waals surface area contributed by atoms with Crippen molar-refractivity contribution in [3.8, 4) is 11.5 Å². The second-order valence-electron chi connectivity index (χ2n) is 6.50. The van der Waals surface area contributed by atoms with E-state index in [-0.39, 0.29) is 11.7 Å². The van der Waals surface area contributed by atoms with Crippen molar-refractivity contribution in [2.75, 3.05) is 7.11 Å². The summed E-state index contributed by atoms with van der Waals surface area (Å²) in [6, 6.07) is 12.3. The van der Waals surface area contributed by atoms with Gasteiger partial charge in [0.2, 0.25) is 0 Å². The van der Waals surface area contributed by atoms with E-state index in [1.54, 1.807) is 36.4 Å². The molecule has 0 heterocycles. The molecule has 1 aliphatic carbocycles. The monoisotopic (exact) mass is 358 g/mol. The van der Waals surface area contributed by atoms with Crippen molar-refractivity contribution in [2.45, 2.75) is 20.3 Å². The van der Waals surface area contributed by atoms with Crippen LogP contribution in [0.5, 0.6) is 11.5 Å². The van der Waals surface area contributed by atoms with Crippen LogP contribution < -0.4 is 4.74 Å². The molecule has 0 spiro atoms. The van der Waals surface area contributed by atoms with Gasteiger partial charge in [-0.05, 0) is 60.4 Å². The van der Waals surface area contributed by atoms with Crippen LogP contribution in [0.3, 0.4) is 0 Å². The maximum atomic E-state index is 12.9. The van der Waals surface area contributed by atoms with Gasteiger partial charge < -0.3 is 9.47 Å². The zero-order chi connectivity index (χ0) is 18.2. The highest BCUT2D eigenvalue weighted by Crippen LogP contribution is 2.44. The van der Waals surface area contributed by atoms with Gasteiger partial charge in [0.25, 0.3) is 0 Å². The maximum absolute atomic E-state index is 12.9. The van der Waals surface area contributed by atoms with E-state index in [0.717, 1.165) is 5.56 Å². The Kier molecular flexibility index (Phi) is 4.56. The lowest BCUT2D eigenvalue weighted by Gasteiger charge is -2.28. The van der Waals surface area contributed by atoms with E-state index < -0.39 is 11.4 Å². The van der Waals surface area contributed by atoms with Crippen molar-refractivity contribution in [2.24, 2.45) is 11.3 Å². The molecule has 0 radical (unpaired) electrons. The average Bonchev–Trinajstić information content (AvgIpc) is 2.89. The van der Waals surface area contributed by atoms with Crippen LogP contribution in [0.15, 0.2) is 42.5 Å². The van der Waals surface area contributed by atoms with Crippen molar-refractivity contribution in [3.63, 3.8) is 0 Å². The Balaban J connectivity index is 1.93. The van der Waals surface area contributed by atoms with Gasteiger partial charge in [0.05, 0.1) is 7.11 Å². The molecule has 1 aliphatic rings. The predicted octanol–water partition coefficient (Wildman–Crippen LogP) is 4.69. The Morgan fingerprint density at radius 1 is 1.12 bits per heavy atom. The molecule has 3 rings (SSSR count). The van der Waals surface area contributed by atoms with Crippen LogP contribution in [0.25, 0.3) is 0 Å². The molecule has 0 N–H and O–H groups in total. The Morgan fingerprint density at radius 2 is 1.76 bits per heavy atom. The minimum Gasteiger partial charge on any atom is -0.468 e. The topological polar surface area (TPSA) is 52.6 Å². The first-order valence-electron chi connectivity index (χ1n) is 8.08. The molecule has 1 unspecified atom stereocenters. The number of halogens is 1. The smallest absolute Gasteiger partial charge is 0.320 e. The number of carbonyl (C=O) groups is 2. The van der Waals surface area contributed by atoms with Crippen LogP contribution in [-0.2, 0) is 16.0 Å². The van der Waals surface area contributed by atoms with E-state index in [2.05, 4.69) is 0 Å². The SMILES string of the molecule is COC(=O)C1(C(C)C)Cc2cc(Oc3ccc(Cl)cc3)ccc2C1=O. The van der Waals surface area contributed by atoms with Crippen LogP contribution in [0.4, 0.5) is 0 Å². The Hall–Kier alpha value is -2.33. The number of rotatable bonds is 4. The van der Waals surface area contributed by atoms with Gasteiger partial charge in [-0.15, -0.1) is 0 Å². The van der Waals surface area contributed by atoms with E-state index in [9.17, 15) is 9.59 Å². The molecule has 25 heavy (non-hydrogen) atoms. The zero-order valence-electron chi connectivity index (χ0n) is 14.3. The highest BCUT2D eigenvalue weighted by molar-refractivity contribution is 6.30. The summed E-state index contributed by atoms with van der Waals surface area (Å²) < 4.78 is 10.8. The number of Topliss-reactive ketones (excluding diaryl/α,β-unsaturated/α-hetero) is 1. The Labute approximate surface area is 151 Å². The van der Waals surface area contributed by atoms with Crippen LogP contribution in [0.1, 0.15) is 29.8 Å². The van der Waals surface area contributed by atoms with Gasteiger partial charge in [-0.3, -0.25) is 9.59 Å². The number of ketones is 1. The molecule has 130 valence electrons. The van der Waals surface area contributed by atoms with Crippen molar-refractivity contribution >= 4 is 23.4 Å². The van der Waals surface area contributed by atoms with Gasteiger partial charge in [0, 0.05) is 10.6 Å². The highest BCUT2D eigenvalue weighted by Gasteiger charge is 2.54. The molecule has 0 saturated heterocycles. The largest absolute Gasteiger partial charge is 0.468 e. The third kappa shape index (κ3) is 2.91. The lowest BCUT2D eigenvalue weighted by Crippen LogP contribution is -2.42. The molecule has 1 atom stereocenters. The second-order valence-corrected chi connectivity index (χ2v) is 6.93. The summed E-state index contributed by atoms with van der Waals surface area (Å²) in [5.41, 5.74) is 0.203. The summed E-state index contributed by atoms with van der Waals surface area (Å²) in [7, 11) is 1.32. The summed E-state index contributed by atoms with van der Waals surface area (Å²) in [6.45, 7) is 3.73. The van der Waals surface area contributed by atoms with Crippen molar-refractivity contribution in [1.29, 1.82) is 0 Å². The third-order valence-corrected chi connectivity index (χ3v) is 5.03. The molecule has 2 aromatic carbocycles. The number of benzene rings is 2. The lowest BCUT2D eigenvalue weighted by molar-refractivity contribution is -0.151. The van der Waals surface area contributed by atoms with Gasteiger partial charge in [-0.1, -0.05) is 25.4 Å². The number of ether oxygens (including phenoxy) is 2. The number of esters is 1. The van der Waals surface area contributed by atoms with Crippen LogP contribution in [-0.4, -0.2) is 18.9 Å². The first kappa shape index (κ1) is 17.5. The quantitative estimate of drug-likeness (QED) is 0.588. The molecule has 0 bridgehead atoms. The molecule has 4 nitrogen and oxygen atoms in total. The molecule has 5 heteroatoms. The van der Waals surface area contributed by atoms with E-state index >= 15 is 0 Å². The molecule has 2 aromatic rings. The zero-order valence-corrected chi connectivity index (χ0v) is 15.1. The predicted molar refractivity (Wildman–Crippen MR) is 95.3 cm³/mol. The number of methoxy groups -OCH3 is 1. The summed E-state index contributed by atoms with van der Waals surface area (Å²) >= 11 is 5.87. The van der Waals surface area contributed by atoms with Crippen LogP contribution in [0.2, 0.25) is 5.02 Å². The van der Waals surface area contributed by atoms with E-state index in [4.69, 9.17) is 21.1 Å². The molecule has 0 saturated carbocycles. The average molecular weight is 359 g/mol. The highest BCUT2D eigenvalue weighted by atomic mass is 35.5. The molecule has 0 amide bonds. The summed E-state index contributed by atoms with van der Waals surface area (Å²) in [5.74, 6) is 0.432. The van der Waals surface area contributed by atoms with E-state index in [0.29, 0.717) is 28.5 Å². The van der Waals surface area contributed by atoms with Crippen LogP contribution in [0, 0.1) is 11.3 Å². The minimum absolute atomic E-state index is 0.166. The van der Waals surface area contributed by atoms with Gasteiger partial charge in [0.1, 0.15) is 16.9 Å². The normalized spacial score (nSPS) is 19.0. The molecular formula is C20H19ClO4. The summed E-state index contributed by atoms with van der Waals surface area (Å²) in [5, 5.41) is 0.631. The molecule has 0 aromatic heterocycles. The standard InChI is InChI=1S/C20H19ClO4/c1-12(2)20(19(23)24-3)11-13-10-16(8-9-17(13)18(20)22)25-15-6-4-14(21)5-7-15/h4-10,12H,11H2,1-3H3. The molecule has 0 fully saturated rings. The van der Waals surface area contributed by atoms with Gasteiger partial charge in [-0.2, -0.15) is 0 Å². The first-order valence-corrected chi connectivity index (χ1v) is 8.46. The Bertz CT molecular complexity index is 826. The van der Waals surface area contributed by atoms with Gasteiger partial charge >= 0.3 is 5.97 Å². The van der Waals surface area contributed by atoms with Gasteiger partial charge in [-0.25, -0.2) is 0 Å². The fraction of sp³-hybridized carbons (Fsp3) is 0.300. The lowest BCUT2D eigenvalue weighted by atomic mass is 9.74. The molecule has 0 aliphatic heterocycles. The number of hydrogen-bond donors (Lipinski definition) is 0. The van der Waals surface area contributed by atoms with Gasteiger partial charge in [0.15, 0.2) is 5.78 Å². The van der Waals surface area contributed by atoms with Crippen molar-refractivity contribution < 1.29 is 19.1 Å². The number of carbonyl (C=O) groups excluding carboxylic acids is 2. The number of fused-ring (bicyclic) bond motifs is 1. The fourth-order valence-electron chi connectivity index (χ4n) is 3.31. The molecular weight excluding hydrogens is 340 g/mol. The fourth-order valence-corrected chi connectivity index (χ4v) is 3.44. The van der Waals surface area contributed by atoms with E-state index in [1.165, 1.54) is 7.11 Å².